The molecule has 0 aliphatic carbocycles. The summed E-state index contributed by atoms with van der Waals surface area (Å²) in [7, 11) is 0. The number of ether oxygens (including phenoxy) is 1. The first-order chi connectivity index (χ1) is 14.3. The van der Waals surface area contributed by atoms with Crippen LogP contribution in [0.3, 0.4) is 0 Å². The number of morpholine rings is 1. The quantitative estimate of drug-likeness (QED) is 0.498. The molecule has 4 heterocycles. The Kier molecular flexibility index (Phi) is 4.71. The average molecular weight is 404 g/mol. The Morgan fingerprint density at radius 1 is 1.07 bits per heavy atom. The number of thiophene rings is 1. The Morgan fingerprint density at radius 2 is 1.97 bits per heavy atom. The molecular formula is C21H20N6OS. The van der Waals surface area contributed by atoms with Crippen LogP contribution in [0.5, 0.6) is 0 Å². The number of pyridine rings is 1. The molecule has 0 spiro atoms. The summed E-state index contributed by atoms with van der Waals surface area (Å²) in [6.07, 6.45) is 1.81. The summed E-state index contributed by atoms with van der Waals surface area (Å²) < 4.78 is 6.45. The predicted molar refractivity (Wildman–Crippen MR) is 118 cm³/mol. The lowest BCUT2D eigenvalue weighted by Gasteiger charge is -2.27. The van der Waals surface area contributed by atoms with Crippen molar-refractivity contribution in [2.75, 3.05) is 42.3 Å². The zero-order chi connectivity index (χ0) is 19.6. The zero-order valence-corrected chi connectivity index (χ0v) is 16.5. The minimum atomic E-state index is 0.536. The fourth-order valence-electron chi connectivity index (χ4n) is 3.37. The average Bonchev–Trinajstić information content (AvgIpc) is 3.23. The van der Waals surface area contributed by atoms with Crippen molar-refractivity contribution in [2.24, 2.45) is 0 Å². The van der Waals surface area contributed by atoms with Crippen molar-refractivity contribution in [1.82, 2.24) is 15.0 Å². The highest BCUT2D eigenvalue weighted by atomic mass is 32.1. The van der Waals surface area contributed by atoms with Gasteiger partial charge >= 0.3 is 0 Å². The maximum atomic E-state index is 5.98. The summed E-state index contributed by atoms with van der Waals surface area (Å²) in [6.45, 7) is 3.20. The van der Waals surface area contributed by atoms with Crippen LogP contribution in [0.15, 0.2) is 54.0 Å². The van der Waals surface area contributed by atoms with E-state index in [2.05, 4.69) is 20.2 Å². The van der Waals surface area contributed by atoms with Crippen LogP contribution in [0, 0.1) is 0 Å². The van der Waals surface area contributed by atoms with E-state index in [4.69, 9.17) is 15.5 Å². The van der Waals surface area contributed by atoms with Crippen LogP contribution in [-0.2, 0) is 4.74 Å². The number of rotatable bonds is 4. The van der Waals surface area contributed by atoms with Gasteiger partial charge in [0.05, 0.1) is 41.0 Å². The first-order valence-corrected chi connectivity index (χ1v) is 10.3. The number of anilines is 4. The third-order valence-corrected chi connectivity index (χ3v) is 5.71. The summed E-state index contributed by atoms with van der Waals surface area (Å²) in [6, 6.07) is 13.8. The second kappa shape index (κ2) is 7.65. The Bertz CT molecular complexity index is 1140. The van der Waals surface area contributed by atoms with Gasteiger partial charge in [0.15, 0.2) is 0 Å². The molecule has 0 atom stereocenters. The third-order valence-electron chi connectivity index (χ3n) is 4.80. The fraction of sp³-hybridized carbons (Fsp3) is 0.190. The van der Waals surface area contributed by atoms with E-state index in [0.717, 1.165) is 59.3 Å². The summed E-state index contributed by atoms with van der Waals surface area (Å²) in [5.41, 5.74) is 10.3. The molecule has 3 N–H and O–H groups in total. The first-order valence-electron chi connectivity index (χ1n) is 9.43. The molecule has 5 rings (SSSR count). The van der Waals surface area contributed by atoms with Crippen molar-refractivity contribution in [3.05, 3.63) is 54.0 Å². The number of fused-ring (bicyclic) bond motifs is 1. The molecule has 0 bridgehead atoms. The molecule has 1 fully saturated rings. The number of nitrogens with zero attached hydrogens (tertiary/aromatic N) is 4. The van der Waals surface area contributed by atoms with E-state index < -0.39 is 0 Å². The molecule has 1 aromatic carbocycles. The molecule has 1 saturated heterocycles. The first kappa shape index (κ1) is 17.8. The molecular weight excluding hydrogens is 384 g/mol. The lowest BCUT2D eigenvalue weighted by molar-refractivity contribution is 0.122. The van der Waals surface area contributed by atoms with Crippen molar-refractivity contribution in [3.63, 3.8) is 0 Å². The van der Waals surface area contributed by atoms with E-state index in [1.165, 1.54) is 0 Å². The maximum absolute atomic E-state index is 5.98. The van der Waals surface area contributed by atoms with Gasteiger partial charge in [0.25, 0.3) is 0 Å². The minimum Gasteiger partial charge on any atom is -0.399 e. The topological polar surface area (TPSA) is 89.2 Å². The van der Waals surface area contributed by atoms with Crippen LogP contribution < -0.4 is 16.0 Å². The van der Waals surface area contributed by atoms with Gasteiger partial charge in [0.2, 0.25) is 5.95 Å². The molecule has 7 nitrogen and oxygen atoms in total. The monoisotopic (exact) mass is 404 g/mol. The predicted octanol–water partition coefficient (Wildman–Crippen LogP) is 3.92. The van der Waals surface area contributed by atoms with E-state index in [-0.39, 0.29) is 0 Å². The SMILES string of the molecule is Nc1cccc(-c2nc(Nc3ccc(N4CCOCC4)nc3)nc3ccsc23)c1. The normalized spacial score (nSPS) is 14.3. The summed E-state index contributed by atoms with van der Waals surface area (Å²) in [5, 5.41) is 5.31. The van der Waals surface area contributed by atoms with Crippen LogP contribution in [0.25, 0.3) is 21.5 Å². The van der Waals surface area contributed by atoms with Crippen molar-refractivity contribution in [1.29, 1.82) is 0 Å². The van der Waals surface area contributed by atoms with Gasteiger partial charge in [-0.05, 0) is 35.7 Å². The summed E-state index contributed by atoms with van der Waals surface area (Å²) in [4.78, 5) is 16.2. The molecule has 3 aromatic heterocycles. The number of nitrogens with two attached hydrogens (primary N) is 1. The third kappa shape index (κ3) is 3.72. The number of hydrogen-bond donors (Lipinski definition) is 2. The van der Waals surface area contributed by atoms with Crippen molar-refractivity contribution in [3.8, 4) is 11.3 Å². The van der Waals surface area contributed by atoms with E-state index >= 15 is 0 Å². The van der Waals surface area contributed by atoms with Crippen LogP contribution in [-0.4, -0.2) is 41.3 Å². The summed E-state index contributed by atoms with van der Waals surface area (Å²) >= 11 is 1.63. The second-order valence-corrected chi connectivity index (χ2v) is 7.70. The number of nitrogens with one attached hydrogen (secondary N) is 1. The van der Waals surface area contributed by atoms with E-state index in [1.807, 2.05) is 54.0 Å². The molecule has 0 amide bonds. The van der Waals surface area contributed by atoms with Crippen molar-refractivity contribution < 1.29 is 4.74 Å². The van der Waals surface area contributed by atoms with Crippen molar-refractivity contribution >= 4 is 44.7 Å². The fourth-order valence-corrected chi connectivity index (χ4v) is 4.21. The van der Waals surface area contributed by atoms with E-state index in [1.54, 1.807) is 11.3 Å². The van der Waals surface area contributed by atoms with Crippen LogP contribution >= 0.6 is 11.3 Å². The van der Waals surface area contributed by atoms with E-state index in [9.17, 15) is 0 Å². The van der Waals surface area contributed by atoms with E-state index in [0.29, 0.717) is 11.6 Å². The second-order valence-electron chi connectivity index (χ2n) is 6.79. The minimum absolute atomic E-state index is 0.536. The molecule has 146 valence electrons. The van der Waals surface area contributed by atoms with Gasteiger partial charge in [-0.25, -0.2) is 15.0 Å². The van der Waals surface area contributed by atoms with Crippen LogP contribution in [0.1, 0.15) is 0 Å². The number of aromatic nitrogens is 3. The number of nitrogen functional groups attached to an aromatic ring is 1. The molecule has 0 radical (unpaired) electrons. The van der Waals surface area contributed by atoms with Crippen LogP contribution in [0.4, 0.5) is 23.1 Å². The lowest BCUT2D eigenvalue weighted by Crippen LogP contribution is -2.36. The van der Waals surface area contributed by atoms with Gasteiger partial charge in [-0.1, -0.05) is 12.1 Å². The smallest absolute Gasteiger partial charge is 0.228 e. The molecule has 4 aromatic rings. The van der Waals surface area contributed by atoms with Crippen LogP contribution in [0.2, 0.25) is 0 Å². The highest BCUT2D eigenvalue weighted by Crippen LogP contribution is 2.32. The molecule has 1 aliphatic heterocycles. The Hall–Kier alpha value is -3.23. The Morgan fingerprint density at radius 3 is 2.76 bits per heavy atom. The maximum Gasteiger partial charge on any atom is 0.228 e. The zero-order valence-electron chi connectivity index (χ0n) is 15.7. The molecule has 0 unspecified atom stereocenters. The van der Waals surface area contributed by atoms with Crippen molar-refractivity contribution in [2.45, 2.75) is 0 Å². The van der Waals surface area contributed by atoms with Gasteiger partial charge in [-0.15, -0.1) is 11.3 Å². The number of benzene rings is 1. The molecule has 29 heavy (non-hydrogen) atoms. The van der Waals surface area contributed by atoms with Gasteiger partial charge in [0.1, 0.15) is 5.82 Å². The highest BCUT2D eigenvalue weighted by molar-refractivity contribution is 7.17. The van der Waals surface area contributed by atoms with Gasteiger partial charge in [0, 0.05) is 24.3 Å². The van der Waals surface area contributed by atoms with Gasteiger partial charge in [-0.3, -0.25) is 0 Å². The highest BCUT2D eigenvalue weighted by Gasteiger charge is 2.14. The molecule has 0 saturated carbocycles. The lowest BCUT2D eigenvalue weighted by atomic mass is 10.1. The Labute approximate surface area is 172 Å². The number of hydrogen-bond acceptors (Lipinski definition) is 8. The standard InChI is InChI=1S/C21H20N6OS/c22-15-3-1-2-14(12-15)19-20-17(6-11-29-20)25-21(26-19)24-16-4-5-18(23-13-16)27-7-9-28-10-8-27/h1-6,11-13H,7-10,22H2,(H,24,25,26). The molecule has 1 aliphatic rings. The molecule has 8 heteroatoms. The Balaban J connectivity index is 1.45. The largest absolute Gasteiger partial charge is 0.399 e. The van der Waals surface area contributed by atoms with Gasteiger partial charge in [-0.2, -0.15) is 0 Å². The van der Waals surface area contributed by atoms with Gasteiger partial charge < -0.3 is 20.7 Å². The summed E-state index contributed by atoms with van der Waals surface area (Å²) in [5.74, 6) is 1.49.